The minimum Gasteiger partial charge on any atom is -0.493 e. The van der Waals surface area contributed by atoms with Crippen LogP contribution in [-0.4, -0.2) is 62.9 Å². The summed E-state index contributed by atoms with van der Waals surface area (Å²) in [6.45, 7) is 4.16. The van der Waals surface area contributed by atoms with E-state index in [1.54, 1.807) is 50.2 Å². The van der Waals surface area contributed by atoms with E-state index in [2.05, 4.69) is 6.92 Å². The molecule has 1 heterocycles. The van der Waals surface area contributed by atoms with Gasteiger partial charge in [0.05, 0.1) is 26.9 Å². The highest BCUT2D eigenvalue weighted by molar-refractivity contribution is 7.99. The standard InChI is InChI=1S/C31H35NO7S/c1-6-40-14-13-39-31(35)27-18(2)32-23-15-22(21-11-12-25(36-3)26(17-21)37-4)16-24(33)29(23)28(27)19-7-9-20(10-8-19)30(34)38-5/h7-12,17,22,27-28H,6,13-16H2,1-5H3/t22-,27?,28+/m0/s1. The Balaban J connectivity index is 1.72. The van der Waals surface area contributed by atoms with E-state index < -0.39 is 23.8 Å². The second kappa shape index (κ2) is 13.2. The number of thioether (sulfide) groups is 1. The quantitative estimate of drug-likeness (QED) is 0.280. The molecular weight excluding hydrogens is 530 g/mol. The van der Waals surface area contributed by atoms with Crippen molar-refractivity contribution in [1.29, 1.82) is 0 Å². The van der Waals surface area contributed by atoms with E-state index in [-0.39, 0.29) is 24.7 Å². The van der Waals surface area contributed by atoms with Gasteiger partial charge in [-0.2, -0.15) is 11.8 Å². The number of ether oxygens (including phenoxy) is 4. The molecule has 0 bridgehead atoms. The zero-order valence-corrected chi connectivity index (χ0v) is 24.3. The molecule has 2 aliphatic rings. The van der Waals surface area contributed by atoms with Gasteiger partial charge in [0.2, 0.25) is 0 Å². The molecule has 0 aromatic heterocycles. The predicted octanol–water partition coefficient (Wildman–Crippen LogP) is 5.36. The Labute approximate surface area is 239 Å². The summed E-state index contributed by atoms with van der Waals surface area (Å²) in [4.78, 5) is 44.1. The van der Waals surface area contributed by atoms with Crippen LogP contribution in [0.15, 0.2) is 58.7 Å². The number of carbonyl (C=O) groups excluding carboxylic acids is 3. The minimum absolute atomic E-state index is 0.0568. The highest BCUT2D eigenvalue weighted by Gasteiger charge is 2.44. The van der Waals surface area contributed by atoms with Crippen LogP contribution in [0.2, 0.25) is 0 Å². The number of benzene rings is 2. The van der Waals surface area contributed by atoms with Gasteiger partial charge in [0.1, 0.15) is 12.5 Å². The molecule has 0 amide bonds. The van der Waals surface area contributed by atoms with Crippen LogP contribution in [0.3, 0.4) is 0 Å². The third-order valence-electron chi connectivity index (χ3n) is 7.39. The molecule has 2 aromatic rings. The van der Waals surface area contributed by atoms with Crippen molar-refractivity contribution < 1.29 is 33.3 Å². The van der Waals surface area contributed by atoms with E-state index >= 15 is 0 Å². The summed E-state index contributed by atoms with van der Waals surface area (Å²) in [6.07, 6.45) is 0.814. The smallest absolute Gasteiger partial charge is 0.337 e. The minimum atomic E-state index is -0.740. The molecule has 0 saturated heterocycles. The van der Waals surface area contributed by atoms with Crippen molar-refractivity contribution in [2.75, 3.05) is 39.4 Å². The zero-order chi connectivity index (χ0) is 28.8. The third kappa shape index (κ3) is 6.09. The number of methoxy groups -OCH3 is 3. The number of aliphatic imine (C=N–C) groups is 1. The van der Waals surface area contributed by atoms with Gasteiger partial charge in [0, 0.05) is 35.1 Å². The van der Waals surface area contributed by atoms with Crippen molar-refractivity contribution in [2.45, 2.75) is 38.5 Å². The van der Waals surface area contributed by atoms with Gasteiger partial charge in [0.15, 0.2) is 17.3 Å². The van der Waals surface area contributed by atoms with Gasteiger partial charge in [-0.1, -0.05) is 25.1 Å². The number of esters is 2. The molecule has 1 unspecified atom stereocenters. The summed E-state index contributed by atoms with van der Waals surface area (Å²) in [6, 6.07) is 12.6. The maximum absolute atomic E-state index is 13.9. The normalized spacial score (nSPS) is 20.4. The van der Waals surface area contributed by atoms with E-state index in [4.69, 9.17) is 23.9 Å². The van der Waals surface area contributed by atoms with Crippen LogP contribution in [0.4, 0.5) is 0 Å². The van der Waals surface area contributed by atoms with Gasteiger partial charge >= 0.3 is 11.9 Å². The first-order valence-electron chi connectivity index (χ1n) is 13.3. The molecule has 0 radical (unpaired) electrons. The lowest BCUT2D eigenvalue weighted by atomic mass is 9.69. The summed E-state index contributed by atoms with van der Waals surface area (Å²) >= 11 is 1.69. The maximum atomic E-state index is 13.9. The first-order valence-corrected chi connectivity index (χ1v) is 14.4. The van der Waals surface area contributed by atoms with Crippen molar-refractivity contribution in [3.8, 4) is 11.5 Å². The van der Waals surface area contributed by atoms with Crippen molar-refractivity contribution in [2.24, 2.45) is 10.9 Å². The largest absolute Gasteiger partial charge is 0.493 e. The Morgan fingerprint density at radius 3 is 2.33 bits per heavy atom. The third-order valence-corrected chi connectivity index (χ3v) is 8.25. The number of nitrogens with zero attached hydrogens (tertiary/aromatic N) is 1. The summed E-state index contributed by atoms with van der Waals surface area (Å²) in [5.74, 6) is 0.535. The van der Waals surface area contributed by atoms with Gasteiger partial charge in [0.25, 0.3) is 0 Å². The van der Waals surface area contributed by atoms with E-state index in [9.17, 15) is 14.4 Å². The SMILES string of the molecule is CCSCCOC(=O)C1C(C)=NC2=C(C(=O)C[C@@H](c3ccc(OC)c(OC)c3)C2)[C@@H]1c1ccc(C(=O)OC)cc1. The molecule has 3 atom stereocenters. The fourth-order valence-electron chi connectivity index (χ4n) is 5.45. The molecule has 0 spiro atoms. The van der Waals surface area contributed by atoms with Crippen molar-refractivity contribution in [3.05, 3.63) is 70.4 Å². The van der Waals surface area contributed by atoms with Crippen molar-refractivity contribution in [3.63, 3.8) is 0 Å². The predicted molar refractivity (Wildman–Crippen MR) is 155 cm³/mol. The second-order valence-corrected chi connectivity index (χ2v) is 11.1. The van der Waals surface area contributed by atoms with Crippen LogP contribution in [0, 0.1) is 5.92 Å². The first kappa shape index (κ1) is 29.4. The number of Topliss-reactive ketones (excluding diaryl/α,β-unsaturated/α-hetero) is 1. The highest BCUT2D eigenvalue weighted by Crippen LogP contribution is 2.47. The molecule has 0 N–H and O–H groups in total. The molecule has 40 heavy (non-hydrogen) atoms. The van der Waals surface area contributed by atoms with E-state index in [1.807, 2.05) is 25.1 Å². The molecule has 4 rings (SSSR count). The average molecular weight is 566 g/mol. The molecule has 9 heteroatoms. The topological polar surface area (TPSA) is 100 Å². The molecule has 1 aliphatic heterocycles. The Morgan fingerprint density at radius 1 is 0.975 bits per heavy atom. The number of hydrogen-bond donors (Lipinski definition) is 0. The van der Waals surface area contributed by atoms with Gasteiger partial charge in [-0.3, -0.25) is 14.6 Å². The van der Waals surface area contributed by atoms with E-state index in [0.29, 0.717) is 46.2 Å². The van der Waals surface area contributed by atoms with Crippen LogP contribution in [0.25, 0.3) is 0 Å². The van der Waals surface area contributed by atoms with E-state index in [1.165, 1.54) is 7.11 Å². The van der Waals surface area contributed by atoms with Gasteiger partial charge in [-0.25, -0.2) is 4.79 Å². The summed E-state index contributed by atoms with van der Waals surface area (Å²) < 4.78 is 21.4. The summed E-state index contributed by atoms with van der Waals surface area (Å²) in [5.41, 5.74) is 3.92. The monoisotopic (exact) mass is 565 g/mol. The van der Waals surface area contributed by atoms with Crippen molar-refractivity contribution in [1.82, 2.24) is 0 Å². The summed E-state index contributed by atoms with van der Waals surface area (Å²) in [5, 5.41) is 0. The number of carbonyl (C=O) groups is 3. The zero-order valence-electron chi connectivity index (χ0n) is 23.5. The van der Waals surface area contributed by atoms with Gasteiger partial charge < -0.3 is 18.9 Å². The molecule has 0 saturated carbocycles. The Hall–Kier alpha value is -3.59. The Kier molecular flexibility index (Phi) is 9.68. The number of allylic oxidation sites excluding steroid dienone is 2. The summed E-state index contributed by atoms with van der Waals surface area (Å²) in [7, 11) is 4.49. The number of hydrogen-bond acceptors (Lipinski definition) is 9. The number of ketones is 1. The molecular formula is C31H35NO7S. The molecule has 1 aliphatic carbocycles. The lowest BCUT2D eigenvalue weighted by molar-refractivity contribution is -0.145. The molecule has 212 valence electrons. The van der Waals surface area contributed by atoms with Crippen LogP contribution >= 0.6 is 11.8 Å². The Bertz CT molecular complexity index is 1330. The fraction of sp³-hybridized carbons (Fsp3) is 0.419. The van der Waals surface area contributed by atoms with Crippen LogP contribution < -0.4 is 9.47 Å². The lowest BCUT2D eigenvalue weighted by Gasteiger charge is -2.36. The van der Waals surface area contributed by atoms with Gasteiger partial charge in [-0.05, 0) is 60.4 Å². The average Bonchev–Trinajstić information content (AvgIpc) is 2.97. The first-order chi connectivity index (χ1) is 19.3. The second-order valence-electron chi connectivity index (χ2n) is 9.69. The van der Waals surface area contributed by atoms with Crippen molar-refractivity contribution >= 4 is 35.2 Å². The molecule has 2 aromatic carbocycles. The van der Waals surface area contributed by atoms with Crippen LogP contribution in [0.1, 0.15) is 60.0 Å². The van der Waals surface area contributed by atoms with Crippen LogP contribution in [0.5, 0.6) is 11.5 Å². The molecule has 0 fully saturated rings. The van der Waals surface area contributed by atoms with Gasteiger partial charge in [-0.15, -0.1) is 0 Å². The molecule has 8 nitrogen and oxygen atoms in total. The Morgan fingerprint density at radius 2 is 1.68 bits per heavy atom. The maximum Gasteiger partial charge on any atom is 0.337 e. The highest BCUT2D eigenvalue weighted by atomic mass is 32.2. The van der Waals surface area contributed by atoms with E-state index in [0.717, 1.165) is 16.9 Å². The van der Waals surface area contributed by atoms with Crippen LogP contribution in [-0.2, 0) is 19.1 Å². The number of rotatable bonds is 10. The fourth-order valence-corrected chi connectivity index (χ4v) is 5.94. The lowest BCUT2D eigenvalue weighted by Crippen LogP contribution is -2.38.